The summed E-state index contributed by atoms with van der Waals surface area (Å²) >= 11 is 0. The molecule has 0 radical (unpaired) electrons. The Bertz CT molecular complexity index is 1350. The molecule has 2 unspecified atom stereocenters. The highest BCUT2D eigenvalue weighted by Gasteiger charge is 2.50. The largest absolute Gasteiger partial charge is 0.383 e. The predicted molar refractivity (Wildman–Crippen MR) is 127 cm³/mol. The van der Waals surface area contributed by atoms with Gasteiger partial charge in [-0.15, -0.1) is 0 Å². The van der Waals surface area contributed by atoms with Crippen LogP contribution >= 0.6 is 0 Å². The van der Waals surface area contributed by atoms with E-state index in [1.807, 2.05) is 11.0 Å². The van der Waals surface area contributed by atoms with Crippen molar-refractivity contribution in [2.24, 2.45) is 5.92 Å². The van der Waals surface area contributed by atoms with Gasteiger partial charge in [-0.1, -0.05) is 25.1 Å². The molecule has 1 aliphatic carbocycles. The van der Waals surface area contributed by atoms with Crippen LogP contribution in [0.3, 0.4) is 0 Å². The first-order chi connectivity index (χ1) is 16.5. The van der Waals surface area contributed by atoms with Gasteiger partial charge in [0, 0.05) is 17.5 Å². The summed E-state index contributed by atoms with van der Waals surface area (Å²) in [4.78, 5) is 24.9. The highest BCUT2D eigenvalue weighted by Crippen LogP contribution is 2.55. The number of benzene rings is 1. The summed E-state index contributed by atoms with van der Waals surface area (Å²) in [6, 6.07) is 8.62. The maximum absolute atomic E-state index is 13.9. The van der Waals surface area contributed by atoms with Gasteiger partial charge in [-0.05, 0) is 59.9 Å². The molecule has 5 heterocycles. The minimum atomic E-state index is -0.0562. The second kappa shape index (κ2) is 7.23. The zero-order chi connectivity index (χ0) is 23.0. The van der Waals surface area contributed by atoms with Crippen LogP contribution in [0.5, 0.6) is 0 Å². The zero-order valence-corrected chi connectivity index (χ0v) is 19.3. The number of amides is 1. The van der Waals surface area contributed by atoms with Crippen LogP contribution in [-0.2, 0) is 34.9 Å². The van der Waals surface area contributed by atoms with E-state index in [4.69, 9.17) is 15.2 Å². The van der Waals surface area contributed by atoms with Crippen LogP contribution in [0.4, 0.5) is 5.82 Å². The van der Waals surface area contributed by atoms with Crippen molar-refractivity contribution in [1.29, 1.82) is 0 Å². The van der Waals surface area contributed by atoms with Gasteiger partial charge in [-0.25, -0.2) is 9.97 Å². The smallest absolute Gasteiger partial charge is 0.272 e. The molecule has 174 valence electrons. The average Bonchev–Trinajstić information content (AvgIpc) is 3.30. The molecule has 3 aromatic rings. The Morgan fingerprint density at radius 3 is 2.85 bits per heavy atom. The molecule has 2 N–H and O–H groups in total. The Hall–Kier alpha value is -3.03. The third kappa shape index (κ3) is 3.00. The summed E-state index contributed by atoms with van der Waals surface area (Å²) < 4.78 is 11.7. The molecule has 7 nitrogen and oxygen atoms in total. The van der Waals surface area contributed by atoms with E-state index in [-0.39, 0.29) is 17.6 Å². The number of rotatable bonds is 2. The van der Waals surface area contributed by atoms with Crippen molar-refractivity contribution in [1.82, 2.24) is 14.9 Å². The van der Waals surface area contributed by atoms with Gasteiger partial charge in [0.15, 0.2) is 0 Å². The van der Waals surface area contributed by atoms with E-state index >= 15 is 0 Å². The first-order valence-corrected chi connectivity index (χ1v) is 12.3. The van der Waals surface area contributed by atoms with Crippen molar-refractivity contribution in [3.63, 3.8) is 0 Å². The average molecular weight is 457 g/mol. The van der Waals surface area contributed by atoms with Gasteiger partial charge >= 0.3 is 0 Å². The second-order valence-corrected chi connectivity index (χ2v) is 10.4. The summed E-state index contributed by atoms with van der Waals surface area (Å²) in [5.74, 6) is 0.910. The number of piperidine rings is 1. The lowest BCUT2D eigenvalue weighted by atomic mass is 9.87. The number of anilines is 1. The highest BCUT2D eigenvalue weighted by molar-refractivity contribution is 5.97. The number of carbonyl (C=O) groups excluding carboxylic acids is 1. The molecule has 0 bridgehead atoms. The van der Waals surface area contributed by atoms with E-state index in [0.717, 1.165) is 48.7 Å². The molecule has 1 aromatic carbocycles. The number of nitrogen functional groups attached to an aromatic ring is 1. The molecule has 1 spiro atoms. The number of ether oxygens (including phenoxy) is 2. The maximum atomic E-state index is 13.9. The molecule has 34 heavy (non-hydrogen) atoms. The number of pyridine rings is 2. The van der Waals surface area contributed by atoms with E-state index in [1.54, 1.807) is 6.20 Å². The molecule has 1 amide bonds. The van der Waals surface area contributed by atoms with Gasteiger partial charge in [0.05, 0.1) is 43.2 Å². The van der Waals surface area contributed by atoms with Crippen LogP contribution in [0.15, 0.2) is 30.5 Å². The minimum absolute atomic E-state index is 0.0270. The van der Waals surface area contributed by atoms with E-state index < -0.39 is 0 Å². The van der Waals surface area contributed by atoms with E-state index in [2.05, 4.69) is 35.1 Å². The van der Waals surface area contributed by atoms with Crippen LogP contribution in [-0.4, -0.2) is 27.3 Å². The number of nitrogens with zero attached hydrogens (tertiary/aromatic N) is 3. The standard InChI is InChI=1S/C27H28N4O3/c1-15-2-5-24(16-3-4-17-12-34-27(6-7-27)21(17)8-16)31(11-15)26(32)22-9-18-19-13-33-14-20(19)25(28)30-23(18)10-29-22/h3-4,8-10,15,24H,2,5-7,11-14H2,1H3,(H2,28,30). The lowest BCUT2D eigenvalue weighted by Crippen LogP contribution is -2.42. The number of carbonyl (C=O) groups is 1. The summed E-state index contributed by atoms with van der Waals surface area (Å²) in [6.07, 6.45) is 5.92. The van der Waals surface area contributed by atoms with E-state index in [0.29, 0.717) is 42.8 Å². The fourth-order valence-electron chi connectivity index (χ4n) is 6.03. The molecule has 7 rings (SSSR count). The molecule has 4 aliphatic rings. The Morgan fingerprint density at radius 1 is 1.15 bits per heavy atom. The SMILES string of the molecule is CC1CCC(c2ccc3c(c2)C2(CC2)OC3)N(C(=O)c2cc3c4c(c(N)nc3cn2)COC4)C1. The molecule has 7 heteroatoms. The molecule has 1 saturated heterocycles. The number of hydrogen-bond donors (Lipinski definition) is 1. The topological polar surface area (TPSA) is 90.6 Å². The molecule has 1 saturated carbocycles. The lowest BCUT2D eigenvalue weighted by molar-refractivity contribution is 0.0441. The monoisotopic (exact) mass is 456 g/mol. The quantitative estimate of drug-likeness (QED) is 0.616. The number of fused-ring (bicyclic) bond motifs is 5. The molecule has 2 fully saturated rings. The van der Waals surface area contributed by atoms with E-state index in [1.165, 1.54) is 16.7 Å². The van der Waals surface area contributed by atoms with Gasteiger partial charge in [0.25, 0.3) is 5.91 Å². The van der Waals surface area contributed by atoms with Crippen LogP contribution in [0.1, 0.15) is 77.0 Å². The molecule has 2 atom stereocenters. The second-order valence-electron chi connectivity index (χ2n) is 10.4. The number of hydrogen-bond acceptors (Lipinski definition) is 6. The lowest BCUT2D eigenvalue weighted by Gasteiger charge is -2.39. The number of aromatic nitrogens is 2. The van der Waals surface area contributed by atoms with Crippen LogP contribution in [0.2, 0.25) is 0 Å². The Morgan fingerprint density at radius 2 is 2.00 bits per heavy atom. The predicted octanol–water partition coefficient (Wildman–Crippen LogP) is 4.37. The van der Waals surface area contributed by atoms with Crippen molar-refractivity contribution in [3.8, 4) is 0 Å². The summed E-state index contributed by atoms with van der Waals surface area (Å²) in [6.45, 7) is 4.59. The summed E-state index contributed by atoms with van der Waals surface area (Å²) in [7, 11) is 0. The fraction of sp³-hybridized carbons (Fsp3) is 0.444. The van der Waals surface area contributed by atoms with Crippen LogP contribution < -0.4 is 5.73 Å². The molecule has 3 aliphatic heterocycles. The zero-order valence-electron chi connectivity index (χ0n) is 19.3. The highest BCUT2D eigenvalue weighted by atomic mass is 16.5. The van der Waals surface area contributed by atoms with Gasteiger partial charge in [0.1, 0.15) is 11.5 Å². The third-order valence-corrected chi connectivity index (χ3v) is 8.13. The summed E-state index contributed by atoms with van der Waals surface area (Å²) in [5.41, 5.74) is 13.0. The van der Waals surface area contributed by atoms with Gasteiger partial charge in [-0.2, -0.15) is 0 Å². The first kappa shape index (κ1) is 20.4. The fourth-order valence-corrected chi connectivity index (χ4v) is 6.03. The van der Waals surface area contributed by atoms with E-state index in [9.17, 15) is 4.79 Å². The van der Waals surface area contributed by atoms with Gasteiger partial charge < -0.3 is 20.1 Å². The van der Waals surface area contributed by atoms with Crippen LogP contribution in [0.25, 0.3) is 10.9 Å². The minimum Gasteiger partial charge on any atom is -0.383 e. The number of likely N-dealkylation sites (tertiary alicyclic amines) is 1. The maximum Gasteiger partial charge on any atom is 0.272 e. The molecular weight excluding hydrogens is 428 g/mol. The van der Waals surface area contributed by atoms with Crippen molar-refractivity contribution >= 4 is 22.6 Å². The summed E-state index contributed by atoms with van der Waals surface area (Å²) in [5, 5.41) is 0.909. The molecule has 2 aromatic heterocycles. The van der Waals surface area contributed by atoms with Crippen molar-refractivity contribution in [3.05, 3.63) is 64.0 Å². The molecular formula is C27H28N4O3. The Kier molecular flexibility index (Phi) is 4.33. The number of nitrogens with two attached hydrogens (primary N) is 1. The third-order valence-electron chi connectivity index (χ3n) is 8.13. The van der Waals surface area contributed by atoms with Crippen molar-refractivity contribution in [2.45, 2.75) is 64.1 Å². The normalized spacial score (nSPS) is 24.4. The van der Waals surface area contributed by atoms with Crippen LogP contribution in [0, 0.1) is 5.92 Å². The van der Waals surface area contributed by atoms with Crippen molar-refractivity contribution < 1.29 is 14.3 Å². The van der Waals surface area contributed by atoms with Gasteiger partial charge in [0.2, 0.25) is 0 Å². The Labute approximate surface area is 198 Å². The van der Waals surface area contributed by atoms with Gasteiger partial charge in [-0.3, -0.25) is 4.79 Å². The van der Waals surface area contributed by atoms with Crippen molar-refractivity contribution in [2.75, 3.05) is 12.3 Å². The first-order valence-electron chi connectivity index (χ1n) is 12.3. The Balaban J connectivity index is 1.27.